The molecule has 0 amide bonds. The van der Waals surface area contributed by atoms with Gasteiger partial charge in [0.25, 0.3) is 6.71 Å². The Labute approximate surface area is 503 Å². The number of fused-ring (bicyclic) bond motifs is 13. The summed E-state index contributed by atoms with van der Waals surface area (Å²) >= 11 is 2.04. The largest absolute Gasteiger partial charge is 0.311 e. The fourth-order valence-corrected chi connectivity index (χ4v) is 19.7. The number of thiophene rings is 1. The van der Waals surface area contributed by atoms with Crippen LogP contribution in [0.25, 0.3) is 48.7 Å². The highest BCUT2D eigenvalue weighted by atomic mass is 32.1. The van der Waals surface area contributed by atoms with Crippen LogP contribution in [0, 0.1) is 11.8 Å². The number of para-hydroxylation sites is 2. The topological polar surface area (TPSA) is 11.4 Å². The third-order valence-electron chi connectivity index (χ3n) is 22.9. The summed E-state index contributed by atoms with van der Waals surface area (Å²) in [5, 5.41) is 3.93. The van der Waals surface area contributed by atoms with Crippen molar-refractivity contribution in [2.24, 2.45) is 11.8 Å². The van der Waals surface area contributed by atoms with E-state index in [-0.39, 0.29) is 33.8 Å². The van der Waals surface area contributed by atoms with Crippen molar-refractivity contribution in [2.45, 2.75) is 173 Å². The average Bonchev–Trinajstić information content (AvgIpc) is 1.44. The van der Waals surface area contributed by atoms with E-state index in [0.29, 0.717) is 17.8 Å². The molecule has 4 heterocycles. The van der Waals surface area contributed by atoms with Gasteiger partial charge in [-0.05, 0) is 225 Å². The van der Waals surface area contributed by atoms with Crippen molar-refractivity contribution in [1.29, 1.82) is 0 Å². The van der Waals surface area contributed by atoms with E-state index in [2.05, 4.69) is 235 Å². The van der Waals surface area contributed by atoms with E-state index in [1.165, 1.54) is 186 Å². The van der Waals surface area contributed by atoms with E-state index in [1.807, 2.05) is 11.3 Å². The van der Waals surface area contributed by atoms with Gasteiger partial charge in [-0.3, -0.25) is 0 Å². The molecule has 17 rings (SSSR count). The van der Waals surface area contributed by atoms with Gasteiger partial charge >= 0.3 is 0 Å². The summed E-state index contributed by atoms with van der Waals surface area (Å²) in [6, 6.07) is 61.9. The SMILES string of the molecule is CC(C)(C)c1ccc2c(c1)B1c3sc4ccc(C(C)(C)C)cc4c3N(c3ccc(C4CCCCC4)cc3)c3cc(-n4c5ccccc5c5ccccc54)cc(c31)N2c1ccc2c(c1)C1(c3cc4c(cc3-2)C(C)(C)CCC4(C)C)C2CCC1CC2. The van der Waals surface area contributed by atoms with E-state index in [4.69, 9.17) is 0 Å². The van der Waals surface area contributed by atoms with Gasteiger partial charge in [0, 0.05) is 59.5 Å². The molecule has 0 radical (unpaired) electrons. The molecule has 1 spiro atoms. The van der Waals surface area contributed by atoms with Gasteiger partial charge < -0.3 is 14.4 Å². The second-order valence-electron chi connectivity index (χ2n) is 30.5. The van der Waals surface area contributed by atoms with Crippen LogP contribution in [0.1, 0.15) is 185 Å². The molecule has 3 saturated carbocycles. The summed E-state index contributed by atoms with van der Waals surface area (Å²) in [7, 11) is 0. The number of nitrogens with zero attached hydrogens (tertiary/aromatic N) is 3. The minimum absolute atomic E-state index is 0.00716. The van der Waals surface area contributed by atoms with E-state index >= 15 is 0 Å². The summed E-state index contributed by atoms with van der Waals surface area (Å²) in [5.74, 6) is 1.93. The Morgan fingerprint density at radius 3 is 1.71 bits per heavy atom. The van der Waals surface area contributed by atoms with Crippen LogP contribution in [-0.2, 0) is 27.1 Å². The highest BCUT2D eigenvalue weighted by molar-refractivity contribution is 7.33. The Kier molecular flexibility index (Phi) is 10.8. The Morgan fingerprint density at radius 1 is 0.476 bits per heavy atom. The zero-order valence-electron chi connectivity index (χ0n) is 51.3. The predicted octanol–water partition coefficient (Wildman–Crippen LogP) is 20.2. The number of hydrogen-bond donors (Lipinski definition) is 0. The first-order chi connectivity index (χ1) is 40.4. The van der Waals surface area contributed by atoms with Gasteiger partial charge in [0.05, 0.1) is 22.4 Å². The summed E-state index contributed by atoms with van der Waals surface area (Å²) in [6.45, 7) is 24.4. The monoisotopic (exact) mass is 1110 g/mol. The van der Waals surface area contributed by atoms with Gasteiger partial charge in [-0.15, -0.1) is 11.3 Å². The maximum absolute atomic E-state index is 2.80. The number of benzene rings is 8. The van der Waals surface area contributed by atoms with Crippen molar-refractivity contribution < 1.29 is 0 Å². The Balaban J connectivity index is 0.978. The second kappa shape index (κ2) is 17.7. The third-order valence-corrected chi connectivity index (χ3v) is 24.1. The van der Waals surface area contributed by atoms with Crippen LogP contribution in [0.2, 0.25) is 0 Å². The molecule has 10 aromatic rings. The quantitative estimate of drug-likeness (QED) is 0.163. The maximum atomic E-state index is 2.80. The van der Waals surface area contributed by atoms with Crippen LogP contribution in [0.4, 0.5) is 34.1 Å². The van der Waals surface area contributed by atoms with Crippen molar-refractivity contribution in [1.82, 2.24) is 4.57 Å². The van der Waals surface area contributed by atoms with Crippen molar-refractivity contribution in [3.05, 3.63) is 191 Å². The van der Waals surface area contributed by atoms with Crippen LogP contribution >= 0.6 is 11.3 Å². The van der Waals surface area contributed by atoms with E-state index in [9.17, 15) is 0 Å². The first-order valence-corrected chi connectivity index (χ1v) is 33.1. The Morgan fingerprint density at radius 2 is 1.06 bits per heavy atom. The maximum Gasteiger partial charge on any atom is 0.264 e. The molecule has 0 atom stereocenters. The van der Waals surface area contributed by atoms with Crippen LogP contribution in [0.5, 0.6) is 0 Å². The summed E-state index contributed by atoms with van der Waals surface area (Å²) in [4.78, 5) is 5.50. The lowest BCUT2D eigenvalue weighted by molar-refractivity contribution is 0.330. The number of hydrogen-bond acceptors (Lipinski definition) is 3. The molecule has 0 saturated heterocycles. The molecule has 0 N–H and O–H groups in total. The van der Waals surface area contributed by atoms with Gasteiger partial charge in [-0.2, -0.15) is 0 Å². The summed E-state index contributed by atoms with van der Waals surface area (Å²) in [6.07, 6.45) is 14.3. The zero-order chi connectivity index (χ0) is 57.1. The molecule has 2 aliphatic heterocycles. The molecule has 5 aliphatic carbocycles. The van der Waals surface area contributed by atoms with Gasteiger partial charge in [0.2, 0.25) is 0 Å². The lowest BCUT2D eigenvalue weighted by atomic mass is 9.36. The Bertz CT molecular complexity index is 4360. The molecule has 2 bridgehead atoms. The fraction of sp³-hybridized carbons (Fsp3) is 0.367. The van der Waals surface area contributed by atoms with Gasteiger partial charge in [-0.25, -0.2) is 0 Å². The normalized spacial score (nSPS) is 21.8. The highest BCUT2D eigenvalue weighted by Crippen LogP contribution is 2.69. The lowest BCUT2D eigenvalue weighted by Gasteiger charge is -2.44. The van der Waals surface area contributed by atoms with E-state index in [1.54, 1.807) is 22.3 Å². The van der Waals surface area contributed by atoms with Gasteiger partial charge in [0.15, 0.2) is 0 Å². The standard InChI is InChI=1S/C79H80BN3S/c1-75(2,3)51-31-37-71-60(40-51)73-74(84-71)80-65-41-52(76(4,5)6)30-36-68(65)81(54-34-35-56-59-45-63-64(78(9,10)39-38-77(63,7)8)46-62(59)79(61(56)42-54)49-26-27-50(79)29-28-49)69-43-55(82-66-22-16-14-20-57(66)58-21-15-17-23-67(58)82)44-70(72(69)80)83(73)53-32-24-48(25-33-53)47-18-12-11-13-19-47/h14-17,20-25,30-37,40-47,49-50H,11-13,18-19,26-29,38-39H2,1-10H3. The van der Waals surface area contributed by atoms with Crippen LogP contribution in [0.3, 0.4) is 0 Å². The third kappa shape index (κ3) is 7.11. The molecule has 0 unspecified atom stereocenters. The van der Waals surface area contributed by atoms with Crippen LogP contribution in [-0.4, -0.2) is 11.3 Å². The van der Waals surface area contributed by atoms with Gasteiger partial charge in [-0.1, -0.05) is 167 Å². The van der Waals surface area contributed by atoms with Crippen molar-refractivity contribution in [2.75, 3.05) is 9.80 Å². The van der Waals surface area contributed by atoms with Crippen molar-refractivity contribution in [3.63, 3.8) is 0 Å². The first-order valence-electron chi connectivity index (χ1n) is 32.3. The minimum atomic E-state index is -0.0511. The van der Waals surface area contributed by atoms with Crippen LogP contribution in [0.15, 0.2) is 152 Å². The second-order valence-corrected chi connectivity index (χ2v) is 31.5. The first kappa shape index (κ1) is 51.6. The lowest BCUT2D eigenvalue weighted by Crippen LogP contribution is -2.60. The van der Waals surface area contributed by atoms with E-state index in [0.717, 1.165) is 0 Å². The van der Waals surface area contributed by atoms with Crippen LogP contribution < -0.4 is 25.5 Å². The Hall–Kier alpha value is -6.82. The average molecular weight is 1110 g/mol. The van der Waals surface area contributed by atoms with Crippen molar-refractivity contribution >= 4 is 99.8 Å². The minimum Gasteiger partial charge on any atom is -0.311 e. The molecule has 8 aromatic carbocycles. The number of rotatable bonds is 4. The van der Waals surface area contributed by atoms with E-state index < -0.39 is 0 Å². The number of aromatic nitrogens is 1. The molecule has 84 heavy (non-hydrogen) atoms. The summed E-state index contributed by atoms with van der Waals surface area (Å²) in [5.41, 5.74) is 28.1. The molecule has 3 nitrogen and oxygen atoms in total. The number of anilines is 6. The fourth-order valence-electron chi connectivity index (χ4n) is 18.4. The van der Waals surface area contributed by atoms with Crippen molar-refractivity contribution in [3.8, 4) is 16.8 Å². The highest BCUT2D eigenvalue weighted by Gasteiger charge is 2.61. The molecular weight excluding hydrogens is 1030 g/mol. The molecule has 2 aromatic heterocycles. The molecule has 7 aliphatic rings. The van der Waals surface area contributed by atoms with Gasteiger partial charge in [0.1, 0.15) is 0 Å². The summed E-state index contributed by atoms with van der Waals surface area (Å²) < 4.78 is 5.39. The smallest absolute Gasteiger partial charge is 0.264 e. The molecule has 3 fully saturated rings. The molecule has 5 heteroatoms. The molecule has 420 valence electrons. The predicted molar refractivity (Wildman–Crippen MR) is 360 cm³/mol. The molecular formula is C79H80BN3S. The zero-order valence-corrected chi connectivity index (χ0v) is 52.1.